The van der Waals surface area contributed by atoms with Crippen molar-refractivity contribution in [2.24, 2.45) is 10.1 Å². The van der Waals surface area contributed by atoms with Gasteiger partial charge in [0.1, 0.15) is 0 Å². The van der Waals surface area contributed by atoms with E-state index in [1.54, 1.807) is 38.0 Å². The number of carbonyl (C=O) groups is 1. The normalized spacial score (nSPS) is 12.7. The molecule has 1 atom stereocenters. The van der Waals surface area contributed by atoms with Crippen LogP contribution in [0, 0.1) is 0 Å². The van der Waals surface area contributed by atoms with Gasteiger partial charge in [0.05, 0.1) is 18.0 Å². The fourth-order valence-corrected chi connectivity index (χ4v) is 2.54. The molecule has 0 radical (unpaired) electrons. The third-order valence-corrected chi connectivity index (χ3v) is 5.44. The molecule has 0 saturated carbocycles. The number of nitrogens with two attached hydrogens (primary N) is 1. The summed E-state index contributed by atoms with van der Waals surface area (Å²) in [7, 11) is -0.320. The van der Waals surface area contributed by atoms with E-state index in [1.807, 2.05) is 6.26 Å². The highest BCUT2D eigenvalue weighted by molar-refractivity contribution is 14.0. The molecule has 154 valence electrons. The number of hydrogen-bond donors (Lipinski definition) is 3. The summed E-state index contributed by atoms with van der Waals surface area (Å²) in [5.41, 5.74) is 0.829. The Morgan fingerprint density at radius 1 is 1.26 bits per heavy atom. The van der Waals surface area contributed by atoms with Gasteiger partial charge in [0, 0.05) is 25.9 Å². The first-order valence-corrected chi connectivity index (χ1v) is 10.8. The number of guanidine groups is 1. The van der Waals surface area contributed by atoms with E-state index in [1.165, 1.54) is 17.0 Å². The fraction of sp³-hybridized carbons (Fsp3) is 0.500. The van der Waals surface area contributed by atoms with Crippen molar-refractivity contribution in [2.75, 3.05) is 33.4 Å². The molecule has 0 bridgehead atoms. The van der Waals surface area contributed by atoms with E-state index in [2.05, 4.69) is 22.5 Å². The largest absolute Gasteiger partial charge is 0.355 e. The number of aliphatic imine (C=N–C) groups is 1. The van der Waals surface area contributed by atoms with E-state index >= 15 is 0 Å². The Hall–Kier alpha value is -1.05. The van der Waals surface area contributed by atoms with Crippen molar-refractivity contribution in [3.8, 4) is 0 Å². The van der Waals surface area contributed by atoms with Crippen LogP contribution >= 0.6 is 35.7 Å². The zero-order chi connectivity index (χ0) is 19.7. The van der Waals surface area contributed by atoms with Crippen LogP contribution in [0.25, 0.3) is 0 Å². The lowest BCUT2D eigenvalue weighted by Gasteiger charge is -2.16. The van der Waals surface area contributed by atoms with Crippen molar-refractivity contribution in [1.82, 2.24) is 15.5 Å². The number of halogens is 1. The molecule has 1 amide bonds. The van der Waals surface area contributed by atoms with Crippen LogP contribution in [0.3, 0.4) is 0 Å². The molecular formula is C16H28IN5O3S2. The number of sulfonamides is 1. The van der Waals surface area contributed by atoms with Crippen LogP contribution in [-0.4, -0.2) is 63.9 Å². The first-order chi connectivity index (χ1) is 12.1. The Morgan fingerprint density at radius 3 is 2.33 bits per heavy atom. The van der Waals surface area contributed by atoms with Crippen LogP contribution in [0.15, 0.2) is 34.2 Å². The van der Waals surface area contributed by atoms with E-state index in [9.17, 15) is 13.2 Å². The molecule has 0 saturated heterocycles. The topological polar surface area (TPSA) is 117 Å². The molecule has 0 heterocycles. The van der Waals surface area contributed by atoms with E-state index in [0.29, 0.717) is 24.3 Å². The van der Waals surface area contributed by atoms with Crippen LogP contribution in [-0.2, 0) is 21.4 Å². The molecule has 0 aliphatic carbocycles. The fourth-order valence-electron chi connectivity index (χ4n) is 1.77. The number of rotatable bonds is 8. The average Bonchev–Trinajstić information content (AvgIpc) is 2.59. The standard InChI is InChI=1S/C16H27N5O3S2.HI/c1-12(25-4)9-18-16(20-11-15(22)21(2)3)19-10-13-5-7-14(8-6-13)26(17,23)24;/h5-8,12H,9-11H2,1-4H3,(H2,17,23,24)(H2,18,19,20);1H. The number of carbonyl (C=O) groups excluding carboxylic acids is 1. The molecule has 0 fully saturated rings. The number of primary sulfonamides is 1. The monoisotopic (exact) mass is 529 g/mol. The van der Waals surface area contributed by atoms with Crippen LogP contribution in [0.1, 0.15) is 12.5 Å². The van der Waals surface area contributed by atoms with Gasteiger partial charge in [-0.3, -0.25) is 4.79 Å². The van der Waals surface area contributed by atoms with Crippen molar-refractivity contribution in [3.05, 3.63) is 29.8 Å². The molecule has 0 aromatic heterocycles. The number of amides is 1. The molecule has 0 aliphatic rings. The summed E-state index contributed by atoms with van der Waals surface area (Å²) >= 11 is 1.73. The van der Waals surface area contributed by atoms with Crippen LogP contribution < -0.4 is 15.8 Å². The number of hydrogen-bond acceptors (Lipinski definition) is 5. The minimum atomic E-state index is -3.70. The van der Waals surface area contributed by atoms with Crippen LogP contribution in [0.4, 0.5) is 0 Å². The number of likely N-dealkylation sites (N-methyl/N-ethyl adjacent to an activating group) is 1. The number of nitrogens with one attached hydrogen (secondary N) is 2. The van der Waals surface area contributed by atoms with Gasteiger partial charge in [0.15, 0.2) is 5.96 Å². The van der Waals surface area contributed by atoms with Gasteiger partial charge < -0.3 is 15.5 Å². The van der Waals surface area contributed by atoms with Crippen molar-refractivity contribution in [2.45, 2.75) is 23.6 Å². The second-order valence-electron chi connectivity index (χ2n) is 5.92. The maximum Gasteiger partial charge on any atom is 0.241 e. The highest BCUT2D eigenvalue weighted by Crippen LogP contribution is 2.09. The van der Waals surface area contributed by atoms with Crippen molar-refractivity contribution >= 4 is 57.6 Å². The van der Waals surface area contributed by atoms with E-state index < -0.39 is 10.0 Å². The number of thioether (sulfide) groups is 1. The molecule has 27 heavy (non-hydrogen) atoms. The van der Waals surface area contributed by atoms with Gasteiger partial charge in [-0.1, -0.05) is 19.1 Å². The Morgan fingerprint density at radius 2 is 1.85 bits per heavy atom. The summed E-state index contributed by atoms with van der Waals surface area (Å²) in [6.45, 7) is 3.26. The minimum Gasteiger partial charge on any atom is -0.355 e. The molecule has 1 unspecified atom stereocenters. The molecular weight excluding hydrogens is 501 g/mol. The number of nitrogens with zero attached hydrogens (tertiary/aromatic N) is 2. The smallest absolute Gasteiger partial charge is 0.241 e. The van der Waals surface area contributed by atoms with Gasteiger partial charge >= 0.3 is 0 Å². The lowest BCUT2D eigenvalue weighted by atomic mass is 10.2. The SMILES string of the molecule is CSC(C)CNC(=NCc1ccc(S(N)(=O)=O)cc1)NCC(=O)N(C)C.I. The maximum absolute atomic E-state index is 11.8. The van der Waals surface area contributed by atoms with E-state index in [4.69, 9.17) is 5.14 Å². The molecule has 1 rings (SSSR count). The highest BCUT2D eigenvalue weighted by atomic mass is 127. The third-order valence-electron chi connectivity index (χ3n) is 3.54. The van der Waals surface area contributed by atoms with Crippen molar-refractivity contribution in [1.29, 1.82) is 0 Å². The van der Waals surface area contributed by atoms with Crippen LogP contribution in [0.5, 0.6) is 0 Å². The van der Waals surface area contributed by atoms with Gasteiger partial charge in [-0.25, -0.2) is 18.5 Å². The molecule has 11 heteroatoms. The molecule has 0 aliphatic heterocycles. The van der Waals surface area contributed by atoms with Crippen molar-refractivity contribution in [3.63, 3.8) is 0 Å². The lowest BCUT2D eigenvalue weighted by Crippen LogP contribution is -2.44. The van der Waals surface area contributed by atoms with Crippen LogP contribution in [0.2, 0.25) is 0 Å². The maximum atomic E-state index is 11.8. The predicted octanol–water partition coefficient (Wildman–Crippen LogP) is 0.827. The Labute approximate surface area is 182 Å². The van der Waals surface area contributed by atoms with Gasteiger partial charge in [0.2, 0.25) is 15.9 Å². The third kappa shape index (κ3) is 10.2. The van der Waals surface area contributed by atoms with E-state index in [-0.39, 0.29) is 41.3 Å². The average molecular weight is 529 g/mol. The molecule has 1 aromatic rings. The summed E-state index contributed by atoms with van der Waals surface area (Å²) in [4.78, 5) is 17.8. The Balaban J connectivity index is 0.00000676. The first kappa shape index (κ1) is 26.0. The zero-order valence-electron chi connectivity index (χ0n) is 15.9. The van der Waals surface area contributed by atoms with Crippen molar-refractivity contribution < 1.29 is 13.2 Å². The lowest BCUT2D eigenvalue weighted by molar-refractivity contribution is -0.127. The van der Waals surface area contributed by atoms with E-state index in [0.717, 1.165) is 5.56 Å². The number of benzene rings is 1. The highest BCUT2D eigenvalue weighted by Gasteiger charge is 2.09. The second-order valence-corrected chi connectivity index (χ2v) is 8.76. The van der Waals surface area contributed by atoms with Gasteiger partial charge in [-0.2, -0.15) is 11.8 Å². The second kappa shape index (κ2) is 12.4. The molecule has 0 spiro atoms. The minimum absolute atomic E-state index is 0. The zero-order valence-corrected chi connectivity index (χ0v) is 19.9. The quantitative estimate of drug-likeness (QED) is 0.261. The molecule has 4 N–H and O–H groups in total. The molecule has 1 aromatic carbocycles. The summed E-state index contributed by atoms with van der Waals surface area (Å²) in [6, 6.07) is 6.23. The molecule has 8 nitrogen and oxygen atoms in total. The van der Waals surface area contributed by atoms with Gasteiger partial charge in [0.25, 0.3) is 0 Å². The van der Waals surface area contributed by atoms with Gasteiger partial charge in [-0.15, -0.1) is 24.0 Å². The summed E-state index contributed by atoms with van der Waals surface area (Å²) in [5.74, 6) is 0.464. The summed E-state index contributed by atoms with van der Waals surface area (Å²) in [6.07, 6.45) is 2.03. The first-order valence-electron chi connectivity index (χ1n) is 8.00. The summed E-state index contributed by atoms with van der Waals surface area (Å²) in [5, 5.41) is 11.7. The Bertz CT molecular complexity index is 724. The Kier molecular flexibility index (Phi) is 11.9. The summed E-state index contributed by atoms with van der Waals surface area (Å²) < 4.78 is 22.6. The predicted molar refractivity (Wildman–Crippen MR) is 122 cm³/mol. The van der Waals surface area contributed by atoms with Gasteiger partial charge in [-0.05, 0) is 24.0 Å².